The van der Waals surface area contributed by atoms with Crippen molar-refractivity contribution in [2.75, 3.05) is 18.4 Å². The normalized spacial score (nSPS) is 16.1. The van der Waals surface area contributed by atoms with Gasteiger partial charge in [0.25, 0.3) is 0 Å². The maximum Gasteiger partial charge on any atom is 0.243 e. The number of rotatable bonds is 4. The predicted molar refractivity (Wildman–Crippen MR) is 112 cm³/mol. The summed E-state index contributed by atoms with van der Waals surface area (Å²) in [5.74, 6) is -0.308. The van der Waals surface area contributed by atoms with Crippen molar-refractivity contribution < 1.29 is 13.2 Å². The Morgan fingerprint density at radius 3 is 2.43 bits per heavy atom. The van der Waals surface area contributed by atoms with E-state index in [1.807, 2.05) is 39.0 Å². The van der Waals surface area contributed by atoms with Gasteiger partial charge in [0.2, 0.25) is 15.9 Å². The quantitative estimate of drug-likeness (QED) is 0.801. The second-order valence-corrected chi connectivity index (χ2v) is 9.66. The van der Waals surface area contributed by atoms with Gasteiger partial charge in [-0.05, 0) is 62.9 Å². The fraction of sp³-hybridized carbons (Fsp3) is 0.381. The average Bonchev–Trinajstić information content (AvgIpc) is 2.65. The van der Waals surface area contributed by atoms with E-state index in [1.54, 1.807) is 18.2 Å². The summed E-state index contributed by atoms with van der Waals surface area (Å²) < 4.78 is 27.4. The molecule has 2 aromatic carbocycles. The Labute approximate surface area is 171 Å². The molecule has 5 nitrogen and oxygen atoms in total. The van der Waals surface area contributed by atoms with Crippen molar-refractivity contribution >= 4 is 33.2 Å². The SMILES string of the molecule is Cc1ccc(S(=O)(=O)N2CCC(C(=O)Nc3cccc(Cl)c3C)CC2)c(C)c1. The topological polar surface area (TPSA) is 66.5 Å². The third-order valence-corrected chi connectivity index (χ3v) is 7.77. The van der Waals surface area contributed by atoms with Crippen LogP contribution < -0.4 is 5.32 Å². The standard InChI is InChI=1S/C21H25ClN2O3S/c1-14-7-8-20(15(2)13-14)28(26,27)24-11-9-17(10-12-24)21(25)23-19-6-4-5-18(22)16(19)3/h4-8,13,17H,9-12H2,1-3H3,(H,23,25). The van der Waals surface area contributed by atoms with Crippen LogP contribution in [0.3, 0.4) is 0 Å². The Morgan fingerprint density at radius 2 is 1.79 bits per heavy atom. The van der Waals surface area contributed by atoms with E-state index in [9.17, 15) is 13.2 Å². The Balaban J connectivity index is 1.67. The van der Waals surface area contributed by atoms with E-state index >= 15 is 0 Å². The van der Waals surface area contributed by atoms with E-state index in [0.29, 0.717) is 41.5 Å². The van der Waals surface area contributed by atoms with Crippen LogP contribution in [0.25, 0.3) is 0 Å². The number of nitrogens with zero attached hydrogens (tertiary/aromatic N) is 1. The van der Waals surface area contributed by atoms with Gasteiger partial charge in [-0.2, -0.15) is 4.31 Å². The molecule has 0 spiro atoms. The molecule has 1 saturated heterocycles. The number of halogens is 1. The number of sulfonamides is 1. The Hall–Kier alpha value is -1.89. The molecule has 1 aliphatic rings. The van der Waals surface area contributed by atoms with Gasteiger partial charge < -0.3 is 5.32 Å². The lowest BCUT2D eigenvalue weighted by molar-refractivity contribution is -0.120. The Kier molecular flexibility index (Phi) is 6.12. The Bertz CT molecular complexity index is 997. The predicted octanol–water partition coefficient (Wildman–Crippen LogP) is 4.30. The molecule has 1 aliphatic heterocycles. The summed E-state index contributed by atoms with van der Waals surface area (Å²) in [6.45, 7) is 6.28. The molecule has 28 heavy (non-hydrogen) atoms. The van der Waals surface area contributed by atoms with Crippen LogP contribution in [-0.4, -0.2) is 31.7 Å². The van der Waals surface area contributed by atoms with Gasteiger partial charge in [0.15, 0.2) is 0 Å². The number of hydrogen-bond acceptors (Lipinski definition) is 3. The highest BCUT2D eigenvalue weighted by Crippen LogP contribution is 2.28. The molecule has 0 aliphatic carbocycles. The zero-order chi connectivity index (χ0) is 20.5. The van der Waals surface area contributed by atoms with E-state index in [0.717, 1.165) is 16.7 Å². The van der Waals surface area contributed by atoms with Crippen molar-refractivity contribution in [2.24, 2.45) is 5.92 Å². The van der Waals surface area contributed by atoms with Crippen LogP contribution in [0.5, 0.6) is 0 Å². The number of amides is 1. The van der Waals surface area contributed by atoms with Crippen molar-refractivity contribution in [3.8, 4) is 0 Å². The molecule has 0 atom stereocenters. The smallest absolute Gasteiger partial charge is 0.243 e. The first-order valence-electron chi connectivity index (χ1n) is 9.33. The van der Waals surface area contributed by atoms with Crippen molar-refractivity contribution in [1.82, 2.24) is 4.31 Å². The highest BCUT2D eigenvalue weighted by molar-refractivity contribution is 7.89. The highest BCUT2D eigenvalue weighted by atomic mass is 35.5. The van der Waals surface area contributed by atoms with Crippen LogP contribution >= 0.6 is 11.6 Å². The van der Waals surface area contributed by atoms with E-state index in [4.69, 9.17) is 11.6 Å². The van der Waals surface area contributed by atoms with Crippen LogP contribution in [0, 0.1) is 26.7 Å². The molecular formula is C21H25ClN2O3S. The molecule has 150 valence electrons. The number of anilines is 1. The van der Waals surface area contributed by atoms with Crippen LogP contribution in [0.15, 0.2) is 41.3 Å². The lowest BCUT2D eigenvalue weighted by Gasteiger charge is -2.31. The van der Waals surface area contributed by atoms with E-state index in [-0.39, 0.29) is 11.8 Å². The third kappa shape index (κ3) is 4.24. The molecule has 1 heterocycles. The molecule has 3 rings (SSSR count). The molecule has 0 saturated carbocycles. The van der Waals surface area contributed by atoms with Crippen molar-refractivity contribution in [1.29, 1.82) is 0 Å². The van der Waals surface area contributed by atoms with Crippen molar-refractivity contribution in [2.45, 2.75) is 38.5 Å². The van der Waals surface area contributed by atoms with Crippen LogP contribution in [0.4, 0.5) is 5.69 Å². The molecule has 7 heteroatoms. The summed E-state index contributed by atoms with van der Waals surface area (Å²) in [7, 11) is -3.55. The summed E-state index contributed by atoms with van der Waals surface area (Å²) in [6.07, 6.45) is 0.991. The molecule has 1 amide bonds. The summed E-state index contributed by atoms with van der Waals surface area (Å²) in [5.41, 5.74) is 3.30. The molecular weight excluding hydrogens is 396 g/mol. The second kappa shape index (κ2) is 8.23. The van der Waals surface area contributed by atoms with Gasteiger partial charge in [-0.3, -0.25) is 4.79 Å². The first kappa shape index (κ1) is 20.8. The van der Waals surface area contributed by atoms with E-state index < -0.39 is 10.0 Å². The third-order valence-electron chi connectivity index (χ3n) is 5.30. The summed E-state index contributed by atoms with van der Waals surface area (Å²) in [5, 5.41) is 3.53. The largest absolute Gasteiger partial charge is 0.326 e. The minimum Gasteiger partial charge on any atom is -0.326 e. The zero-order valence-electron chi connectivity index (χ0n) is 16.3. The number of nitrogens with one attached hydrogen (secondary N) is 1. The lowest BCUT2D eigenvalue weighted by atomic mass is 9.97. The summed E-state index contributed by atoms with van der Waals surface area (Å²) >= 11 is 6.11. The number of piperidine rings is 1. The second-order valence-electron chi connectivity index (χ2n) is 7.35. The molecule has 2 aromatic rings. The first-order chi connectivity index (χ1) is 13.2. The number of aryl methyl sites for hydroxylation is 2. The molecule has 0 radical (unpaired) electrons. The fourth-order valence-corrected chi connectivity index (χ4v) is 5.41. The monoisotopic (exact) mass is 420 g/mol. The molecule has 0 unspecified atom stereocenters. The van der Waals surface area contributed by atoms with E-state index in [2.05, 4.69) is 5.32 Å². The minimum atomic E-state index is -3.55. The number of hydrogen-bond donors (Lipinski definition) is 1. The summed E-state index contributed by atoms with van der Waals surface area (Å²) in [4.78, 5) is 13.0. The zero-order valence-corrected chi connectivity index (χ0v) is 17.9. The van der Waals surface area contributed by atoms with Gasteiger partial charge in [0.05, 0.1) is 4.90 Å². The summed E-state index contributed by atoms with van der Waals surface area (Å²) in [6, 6.07) is 10.8. The lowest BCUT2D eigenvalue weighted by Crippen LogP contribution is -2.41. The van der Waals surface area contributed by atoms with Crippen molar-refractivity contribution in [3.63, 3.8) is 0 Å². The molecule has 0 bridgehead atoms. The van der Waals surface area contributed by atoms with E-state index in [1.165, 1.54) is 4.31 Å². The fourth-order valence-electron chi connectivity index (χ4n) is 3.56. The highest BCUT2D eigenvalue weighted by Gasteiger charge is 2.33. The molecule has 0 aromatic heterocycles. The minimum absolute atomic E-state index is 0.0890. The first-order valence-corrected chi connectivity index (χ1v) is 11.2. The Morgan fingerprint density at radius 1 is 1.11 bits per heavy atom. The van der Waals surface area contributed by atoms with Gasteiger partial charge in [-0.25, -0.2) is 8.42 Å². The van der Waals surface area contributed by atoms with Crippen molar-refractivity contribution in [3.05, 3.63) is 58.1 Å². The molecule has 1 N–H and O–H groups in total. The maximum absolute atomic E-state index is 13.0. The molecule has 1 fully saturated rings. The van der Waals surface area contributed by atoms with Gasteiger partial charge in [-0.1, -0.05) is 35.4 Å². The average molecular weight is 421 g/mol. The number of benzene rings is 2. The maximum atomic E-state index is 13.0. The van der Waals surface area contributed by atoms with Gasteiger partial charge in [-0.15, -0.1) is 0 Å². The van der Waals surface area contributed by atoms with Gasteiger partial charge in [0, 0.05) is 29.7 Å². The van der Waals surface area contributed by atoms with Crippen LogP contribution in [0.1, 0.15) is 29.5 Å². The van der Waals surface area contributed by atoms with Gasteiger partial charge in [0.1, 0.15) is 0 Å². The number of carbonyl (C=O) groups excluding carboxylic acids is 1. The van der Waals surface area contributed by atoms with Crippen LogP contribution in [0.2, 0.25) is 5.02 Å². The van der Waals surface area contributed by atoms with Gasteiger partial charge >= 0.3 is 0 Å². The van der Waals surface area contributed by atoms with Crippen LogP contribution in [-0.2, 0) is 14.8 Å². The number of carbonyl (C=O) groups is 1.